The van der Waals surface area contributed by atoms with Crippen molar-refractivity contribution in [3.05, 3.63) is 22.9 Å². The van der Waals surface area contributed by atoms with Crippen molar-refractivity contribution in [1.82, 2.24) is 14.6 Å². The van der Waals surface area contributed by atoms with E-state index < -0.39 is 5.60 Å². The summed E-state index contributed by atoms with van der Waals surface area (Å²) in [6, 6.07) is 2.38. The second-order valence-electron chi connectivity index (χ2n) is 6.42. The molecule has 0 amide bonds. The Labute approximate surface area is 132 Å². The van der Waals surface area contributed by atoms with Crippen LogP contribution in [0.4, 0.5) is 5.82 Å². The molecule has 2 N–H and O–H groups in total. The normalized spacial score (nSPS) is 23.4. The number of hydrogen-bond acceptors (Lipinski definition) is 4. The minimum Gasteiger partial charge on any atom is -0.390 e. The van der Waals surface area contributed by atoms with Crippen LogP contribution in [0.1, 0.15) is 39.5 Å². The predicted molar refractivity (Wildman–Crippen MR) is 86.4 cm³/mol. The summed E-state index contributed by atoms with van der Waals surface area (Å²) >= 11 is 3.45. The van der Waals surface area contributed by atoms with Crippen molar-refractivity contribution in [1.29, 1.82) is 0 Å². The monoisotopic (exact) mass is 352 g/mol. The largest absolute Gasteiger partial charge is 0.390 e. The van der Waals surface area contributed by atoms with Crippen molar-refractivity contribution in [2.45, 2.75) is 51.2 Å². The average molecular weight is 353 g/mol. The van der Waals surface area contributed by atoms with E-state index in [1.165, 1.54) is 0 Å². The van der Waals surface area contributed by atoms with Gasteiger partial charge < -0.3 is 10.4 Å². The molecule has 0 bridgehead atoms. The summed E-state index contributed by atoms with van der Waals surface area (Å²) in [5.74, 6) is 1.28. The second kappa shape index (κ2) is 5.57. The van der Waals surface area contributed by atoms with Gasteiger partial charge in [-0.1, -0.05) is 0 Å². The predicted octanol–water partition coefficient (Wildman–Crippen LogP) is 3.23. The maximum absolute atomic E-state index is 10.1. The molecule has 1 saturated carbocycles. The smallest absolute Gasteiger partial charge is 0.171 e. The lowest BCUT2D eigenvalue weighted by Crippen LogP contribution is -2.37. The summed E-state index contributed by atoms with van der Waals surface area (Å²) < 4.78 is 2.65. The van der Waals surface area contributed by atoms with Crippen LogP contribution in [0, 0.1) is 5.92 Å². The van der Waals surface area contributed by atoms with Crippen LogP contribution in [-0.4, -0.2) is 31.3 Å². The molecule has 2 aromatic rings. The molecule has 114 valence electrons. The van der Waals surface area contributed by atoms with E-state index in [0.717, 1.165) is 41.6 Å². The molecule has 0 aromatic carbocycles. The quantitative estimate of drug-likeness (QED) is 0.889. The van der Waals surface area contributed by atoms with Crippen molar-refractivity contribution in [3.8, 4) is 0 Å². The van der Waals surface area contributed by atoms with Crippen molar-refractivity contribution in [2.75, 3.05) is 5.32 Å². The number of hydrogen-bond donors (Lipinski definition) is 2. The van der Waals surface area contributed by atoms with E-state index >= 15 is 0 Å². The van der Waals surface area contributed by atoms with Gasteiger partial charge in [0.05, 0.1) is 16.3 Å². The Morgan fingerprint density at radius 2 is 2.05 bits per heavy atom. The third-order valence-electron chi connectivity index (χ3n) is 4.40. The van der Waals surface area contributed by atoms with E-state index in [-0.39, 0.29) is 0 Å². The van der Waals surface area contributed by atoms with Crippen LogP contribution in [0.3, 0.4) is 0 Å². The third kappa shape index (κ3) is 3.21. The highest BCUT2D eigenvalue weighted by Gasteiger charge is 2.31. The lowest BCUT2D eigenvalue weighted by Gasteiger charge is -2.36. The molecule has 0 spiro atoms. The number of fused-ring (bicyclic) bond motifs is 1. The Bertz CT molecular complexity index is 626. The first-order valence-corrected chi connectivity index (χ1v) is 8.21. The maximum Gasteiger partial charge on any atom is 0.171 e. The van der Waals surface area contributed by atoms with Gasteiger partial charge in [0.2, 0.25) is 0 Å². The first-order chi connectivity index (χ1) is 9.93. The Morgan fingerprint density at radius 1 is 1.33 bits per heavy atom. The summed E-state index contributed by atoms with van der Waals surface area (Å²) in [5.41, 5.74) is 0.259. The topological polar surface area (TPSA) is 62.5 Å². The van der Waals surface area contributed by atoms with E-state index in [2.05, 4.69) is 31.3 Å². The van der Waals surface area contributed by atoms with E-state index in [0.29, 0.717) is 12.0 Å². The van der Waals surface area contributed by atoms with Gasteiger partial charge in [-0.2, -0.15) is 5.10 Å². The Balaban J connectivity index is 1.65. The molecular weight excluding hydrogens is 332 g/mol. The van der Waals surface area contributed by atoms with Crippen LogP contribution in [0.2, 0.25) is 0 Å². The van der Waals surface area contributed by atoms with Gasteiger partial charge in [0.25, 0.3) is 0 Å². The molecule has 2 heterocycles. The molecule has 5 nitrogen and oxygen atoms in total. The highest BCUT2D eigenvalue weighted by Crippen LogP contribution is 2.33. The Kier molecular flexibility index (Phi) is 3.92. The molecule has 0 saturated heterocycles. The lowest BCUT2D eigenvalue weighted by molar-refractivity contribution is -0.000400. The van der Waals surface area contributed by atoms with E-state index in [9.17, 15) is 5.11 Å². The number of nitrogens with zero attached hydrogens (tertiary/aromatic N) is 3. The van der Waals surface area contributed by atoms with E-state index in [4.69, 9.17) is 0 Å². The molecule has 1 fully saturated rings. The molecule has 0 radical (unpaired) electrons. The van der Waals surface area contributed by atoms with Crippen LogP contribution < -0.4 is 5.32 Å². The van der Waals surface area contributed by atoms with Gasteiger partial charge in [-0.25, -0.2) is 9.50 Å². The molecule has 0 atom stereocenters. The van der Waals surface area contributed by atoms with Crippen LogP contribution in [0.15, 0.2) is 22.9 Å². The summed E-state index contributed by atoms with van der Waals surface area (Å²) in [5, 5.41) is 17.8. The molecular formula is C15H21BrN4O. The van der Waals surface area contributed by atoms with Gasteiger partial charge in [0.1, 0.15) is 5.82 Å². The van der Waals surface area contributed by atoms with Crippen molar-refractivity contribution in [3.63, 3.8) is 0 Å². The molecule has 0 aliphatic heterocycles. The van der Waals surface area contributed by atoms with E-state index in [1.54, 1.807) is 10.7 Å². The first kappa shape index (κ1) is 14.8. The van der Waals surface area contributed by atoms with Crippen LogP contribution in [-0.2, 0) is 0 Å². The fraction of sp³-hybridized carbons (Fsp3) is 0.600. The molecule has 1 aliphatic rings. The van der Waals surface area contributed by atoms with Gasteiger partial charge in [-0.15, -0.1) is 0 Å². The number of halogens is 1. The Hall–Kier alpha value is -1.14. The fourth-order valence-corrected chi connectivity index (χ4v) is 3.44. The zero-order chi connectivity index (χ0) is 15.0. The summed E-state index contributed by atoms with van der Waals surface area (Å²) in [7, 11) is 0. The minimum atomic E-state index is -0.565. The molecule has 0 unspecified atom stereocenters. The SMILES string of the molecule is CC(C)(O)C1CCC(Nc2ccn3ncc(Br)c3n2)CC1. The first-order valence-electron chi connectivity index (χ1n) is 7.42. The summed E-state index contributed by atoms with van der Waals surface area (Å²) in [6.45, 7) is 3.83. The zero-order valence-corrected chi connectivity index (χ0v) is 14.0. The van der Waals surface area contributed by atoms with Gasteiger partial charge in [-0.3, -0.25) is 0 Å². The number of nitrogens with one attached hydrogen (secondary N) is 1. The van der Waals surface area contributed by atoms with E-state index in [1.807, 2.05) is 26.1 Å². The van der Waals surface area contributed by atoms with Gasteiger partial charge >= 0.3 is 0 Å². The standard InChI is InChI=1S/C15H21BrN4O/c1-15(2,21)10-3-5-11(6-4-10)18-13-7-8-20-14(19-13)12(16)9-17-20/h7-11,21H,3-6H2,1-2H3,(H,18,19). The highest BCUT2D eigenvalue weighted by molar-refractivity contribution is 9.10. The molecule has 3 rings (SSSR count). The van der Waals surface area contributed by atoms with Gasteiger partial charge in [0, 0.05) is 12.2 Å². The lowest BCUT2D eigenvalue weighted by atomic mass is 9.77. The third-order valence-corrected chi connectivity index (χ3v) is 4.96. The summed E-state index contributed by atoms with van der Waals surface area (Å²) in [6.07, 6.45) is 7.92. The summed E-state index contributed by atoms with van der Waals surface area (Å²) in [4.78, 5) is 4.59. The Morgan fingerprint density at radius 3 is 2.71 bits per heavy atom. The van der Waals surface area contributed by atoms with Crippen LogP contribution in [0.5, 0.6) is 0 Å². The molecule has 6 heteroatoms. The van der Waals surface area contributed by atoms with Crippen LogP contribution >= 0.6 is 15.9 Å². The number of rotatable bonds is 3. The van der Waals surface area contributed by atoms with Crippen LogP contribution in [0.25, 0.3) is 5.65 Å². The van der Waals surface area contributed by atoms with Gasteiger partial charge in [-0.05, 0) is 67.4 Å². The minimum absolute atomic E-state index is 0.398. The molecule has 21 heavy (non-hydrogen) atoms. The van der Waals surface area contributed by atoms with Crippen molar-refractivity contribution >= 4 is 27.4 Å². The zero-order valence-electron chi connectivity index (χ0n) is 12.4. The molecule has 2 aromatic heterocycles. The fourth-order valence-electron chi connectivity index (χ4n) is 3.07. The highest BCUT2D eigenvalue weighted by atomic mass is 79.9. The number of aliphatic hydroxyl groups is 1. The van der Waals surface area contributed by atoms with Crippen molar-refractivity contribution in [2.24, 2.45) is 5.92 Å². The number of aromatic nitrogens is 3. The van der Waals surface area contributed by atoms with Crippen molar-refractivity contribution < 1.29 is 5.11 Å². The molecule has 1 aliphatic carbocycles. The second-order valence-corrected chi connectivity index (χ2v) is 7.27. The maximum atomic E-state index is 10.1. The average Bonchev–Trinajstić information content (AvgIpc) is 2.80. The number of anilines is 1. The van der Waals surface area contributed by atoms with Gasteiger partial charge in [0.15, 0.2) is 5.65 Å².